The summed E-state index contributed by atoms with van der Waals surface area (Å²) in [5.74, 6) is 0. The lowest BCUT2D eigenvalue weighted by Crippen LogP contribution is -2.46. The first-order chi connectivity index (χ1) is 9.72. The number of ether oxygens (including phenoxy) is 1. The van der Waals surface area contributed by atoms with Crippen molar-refractivity contribution < 1.29 is 13.2 Å². The van der Waals surface area contributed by atoms with Crippen LogP contribution >= 0.6 is 15.9 Å². The van der Waals surface area contributed by atoms with Crippen LogP contribution in [-0.2, 0) is 21.3 Å². The monoisotopic (exact) mass is 378 g/mol. The van der Waals surface area contributed by atoms with Gasteiger partial charge in [-0.15, -0.1) is 0 Å². The van der Waals surface area contributed by atoms with E-state index in [2.05, 4.69) is 26.0 Å². The van der Waals surface area contributed by atoms with Crippen molar-refractivity contribution in [2.75, 3.05) is 20.3 Å². The zero-order valence-electron chi connectivity index (χ0n) is 12.9. The molecular weight excluding hydrogens is 356 g/mol. The molecule has 21 heavy (non-hydrogen) atoms. The average Bonchev–Trinajstić information content (AvgIpc) is 2.36. The third kappa shape index (κ3) is 5.67. The Labute approximate surface area is 135 Å². The van der Waals surface area contributed by atoms with Gasteiger partial charge in [0.2, 0.25) is 10.0 Å². The standard InChI is InChI=1S/C14H23BrN2O3S/c1-5-16-9-11-6-7-12(15)13(8-11)21(18,19)17-14(2,3)10-20-4/h6-8,16-17H,5,9-10H2,1-4H3. The van der Waals surface area contributed by atoms with Crippen LogP contribution in [0.5, 0.6) is 0 Å². The number of nitrogens with one attached hydrogen (secondary N) is 2. The molecule has 0 amide bonds. The molecule has 0 saturated carbocycles. The van der Waals surface area contributed by atoms with E-state index in [0.29, 0.717) is 17.6 Å². The minimum absolute atomic E-state index is 0.238. The molecule has 0 aromatic heterocycles. The molecule has 1 rings (SSSR count). The molecule has 0 atom stereocenters. The number of hydrogen-bond donors (Lipinski definition) is 2. The molecule has 0 aliphatic heterocycles. The van der Waals surface area contributed by atoms with Crippen molar-refractivity contribution in [2.45, 2.75) is 37.8 Å². The van der Waals surface area contributed by atoms with Gasteiger partial charge in [-0.3, -0.25) is 0 Å². The Bertz CT molecular complexity index is 574. The summed E-state index contributed by atoms with van der Waals surface area (Å²) in [5.41, 5.74) is 0.245. The highest BCUT2D eigenvalue weighted by molar-refractivity contribution is 9.10. The van der Waals surface area contributed by atoms with Crippen molar-refractivity contribution >= 4 is 26.0 Å². The summed E-state index contributed by atoms with van der Waals surface area (Å²) in [4.78, 5) is 0.238. The Morgan fingerprint density at radius 1 is 1.33 bits per heavy atom. The number of benzene rings is 1. The fourth-order valence-corrected chi connectivity index (χ4v) is 4.36. The third-order valence-electron chi connectivity index (χ3n) is 2.78. The minimum Gasteiger partial charge on any atom is -0.383 e. The summed E-state index contributed by atoms with van der Waals surface area (Å²) in [6.07, 6.45) is 0. The van der Waals surface area contributed by atoms with Gasteiger partial charge in [0.05, 0.1) is 17.0 Å². The van der Waals surface area contributed by atoms with Crippen molar-refractivity contribution in [2.24, 2.45) is 0 Å². The van der Waals surface area contributed by atoms with E-state index in [9.17, 15) is 8.42 Å². The highest BCUT2D eigenvalue weighted by Gasteiger charge is 2.27. The molecule has 0 spiro atoms. The van der Waals surface area contributed by atoms with Crippen LogP contribution in [0, 0.1) is 0 Å². The first kappa shape index (κ1) is 18.6. The molecule has 1 aromatic carbocycles. The molecule has 0 radical (unpaired) electrons. The summed E-state index contributed by atoms with van der Waals surface area (Å²) in [6.45, 7) is 7.33. The van der Waals surface area contributed by atoms with Crippen molar-refractivity contribution in [3.05, 3.63) is 28.2 Å². The van der Waals surface area contributed by atoms with E-state index >= 15 is 0 Å². The number of rotatable bonds is 8. The van der Waals surface area contributed by atoms with Crippen LogP contribution in [0.15, 0.2) is 27.6 Å². The van der Waals surface area contributed by atoms with Crippen molar-refractivity contribution in [1.29, 1.82) is 0 Å². The van der Waals surface area contributed by atoms with Crippen molar-refractivity contribution in [1.82, 2.24) is 10.0 Å². The van der Waals surface area contributed by atoms with E-state index in [1.165, 1.54) is 0 Å². The van der Waals surface area contributed by atoms with E-state index < -0.39 is 15.6 Å². The van der Waals surface area contributed by atoms with Crippen LogP contribution in [0.3, 0.4) is 0 Å². The molecule has 0 unspecified atom stereocenters. The van der Waals surface area contributed by atoms with Crippen molar-refractivity contribution in [3.8, 4) is 0 Å². The smallest absolute Gasteiger partial charge is 0.242 e. The second-order valence-corrected chi connectivity index (χ2v) is 7.97. The van der Waals surface area contributed by atoms with E-state index in [1.54, 1.807) is 33.1 Å². The number of sulfonamides is 1. The maximum atomic E-state index is 12.6. The van der Waals surface area contributed by atoms with Crippen LogP contribution in [0.25, 0.3) is 0 Å². The van der Waals surface area contributed by atoms with Gasteiger partial charge in [0, 0.05) is 18.1 Å². The molecule has 0 aliphatic rings. The lowest BCUT2D eigenvalue weighted by Gasteiger charge is -2.25. The summed E-state index contributed by atoms with van der Waals surface area (Å²) in [5, 5.41) is 3.18. The fraction of sp³-hybridized carbons (Fsp3) is 0.571. The normalized spacial score (nSPS) is 12.6. The summed E-state index contributed by atoms with van der Waals surface area (Å²) < 4.78 is 33.4. The topological polar surface area (TPSA) is 67.4 Å². The fourth-order valence-electron chi connectivity index (χ4n) is 1.94. The maximum Gasteiger partial charge on any atom is 0.242 e. The Morgan fingerprint density at radius 2 is 2.00 bits per heavy atom. The average molecular weight is 379 g/mol. The van der Waals surface area contributed by atoms with Gasteiger partial charge in [0.1, 0.15) is 0 Å². The summed E-state index contributed by atoms with van der Waals surface area (Å²) in [7, 11) is -2.08. The molecule has 7 heteroatoms. The van der Waals surface area contributed by atoms with Gasteiger partial charge in [-0.25, -0.2) is 13.1 Å². The molecular formula is C14H23BrN2O3S. The molecule has 0 fully saturated rings. The predicted octanol–water partition coefficient (Wildman–Crippen LogP) is 2.26. The van der Waals surface area contributed by atoms with Gasteiger partial charge in [0.15, 0.2) is 0 Å². The maximum absolute atomic E-state index is 12.6. The van der Waals surface area contributed by atoms with Gasteiger partial charge < -0.3 is 10.1 Å². The zero-order valence-corrected chi connectivity index (χ0v) is 15.3. The van der Waals surface area contributed by atoms with Crippen LogP contribution in [-0.4, -0.2) is 34.2 Å². The van der Waals surface area contributed by atoms with Gasteiger partial charge in [0.25, 0.3) is 0 Å². The number of methoxy groups -OCH3 is 1. The molecule has 2 N–H and O–H groups in total. The van der Waals surface area contributed by atoms with Crippen LogP contribution in [0.2, 0.25) is 0 Å². The molecule has 1 aromatic rings. The van der Waals surface area contributed by atoms with Gasteiger partial charge in [-0.2, -0.15) is 0 Å². The van der Waals surface area contributed by atoms with E-state index in [-0.39, 0.29) is 4.90 Å². The predicted molar refractivity (Wildman–Crippen MR) is 87.8 cm³/mol. The Balaban J connectivity index is 3.07. The molecule has 0 aliphatic carbocycles. The molecule has 5 nitrogen and oxygen atoms in total. The van der Waals surface area contributed by atoms with Gasteiger partial charge >= 0.3 is 0 Å². The van der Waals surface area contributed by atoms with Crippen LogP contribution < -0.4 is 10.0 Å². The highest BCUT2D eigenvalue weighted by atomic mass is 79.9. The molecule has 0 heterocycles. The van der Waals surface area contributed by atoms with Gasteiger partial charge in [-0.05, 0) is 54.0 Å². The second kappa shape index (κ2) is 7.69. The molecule has 0 saturated heterocycles. The quantitative estimate of drug-likeness (QED) is 0.727. The first-order valence-electron chi connectivity index (χ1n) is 6.74. The minimum atomic E-state index is -3.62. The lowest BCUT2D eigenvalue weighted by atomic mass is 10.1. The SMILES string of the molecule is CCNCc1ccc(Br)c(S(=O)(=O)NC(C)(C)COC)c1. The third-order valence-corrected chi connectivity index (χ3v) is 5.47. The number of hydrogen-bond acceptors (Lipinski definition) is 4. The van der Waals surface area contributed by atoms with E-state index in [4.69, 9.17) is 4.74 Å². The van der Waals surface area contributed by atoms with E-state index in [1.807, 2.05) is 13.0 Å². The summed E-state index contributed by atoms with van der Waals surface area (Å²) >= 11 is 3.31. The molecule has 0 bridgehead atoms. The largest absolute Gasteiger partial charge is 0.383 e. The first-order valence-corrected chi connectivity index (χ1v) is 9.01. The van der Waals surface area contributed by atoms with Crippen molar-refractivity contribution in [3.63, 3.8) is 0 Å². The highest BCUT2D eigenvalue weighted by Crippen LogP contribution is 2.24. The Morgan fingerprint density at radius 3 is 2.57 bits per heavy atom. The Hall–Kier alpha value is -0.470. The van der Waals surface area contributed by atoms with Gasteiger partial charge in [-0.1, -0.05) is 13.0 Å². The number of halogens is 1. The molecule has 120 valence electrons. The van der Waals surface area contributed by atoms with E-state index in [0.717, 1.165) is 12.1 Å². The zero-order chi connectivity index (χ0) is 16.1. The second-order valence-electron chi connectivity index (χ2n) is 5.47. The lowest BCUT2D eigenvalue weighted by molar-refractivity contribution is 0.141. The Kier molecular flexibility index (Phi) is 6.80. The summed E-state index contributed by atoms with van der Waals surface area (Å²) in [6, 6.07) is 5.33. The van der Waals surface area contributed by atoms with Crippen LogP contribution in [0.4, 0.5) is 0 Å². The van der Waals surface area contributed by atoms with Crippen LogP contribution in [0.1, 0.15) is 26.3 Å².